The molecule has 158 valence electrons. The summed E-state index contributed by atoms with van der Waals surface area (Å²) in [5.41, 5.74) is 2.91. The summed E-state index contributed by atoms with van der Waals surface area (Å²) in [5.74, 6) is 1.30. The third kappa shape index (κ3) is 6.94. The number of anilines is 1. The summed E-state index contributed by atoms with van der Waals surface area (Å²) in [6.07, 6.45) is 1.45. The maximum atomic E-state index is 12.7. The van der Waals surface area contributed by atoms with Crippen molar-refractivity contribution in [2.75, 3.05) is 22.9 Å². The number of rotatable bonds is 10. The average Bonchev–Trinajstić information content (AvgIpc) is 2.65. The molecule has 0 bridgehead atoms. The first kappa shape index (κ1) is 23.6. The van der Waals surface area contributed by atoms with E-state index in [9.17, 15) is 13.2 Å². The number of hydrogen-bond donors (Lipinski definition) is 1. The van der Waals surface area contributed by atoms with Gasteiger partial charge in [-0.3, -0.25) is 9.10 Å². The van der Waals surface area contributed by atoms with Crippen molar-refractivity contribution in [3.8, 4) is 0 Å². The molecule has 0 radical (unpaired) electrons. The molecule has 0 saturated carbocycles. The van der Waals surface area contributed by atoms with Gasteiger partial charge in [-0.15, -0.1) is 0 Å². The molecule has 0 aliphatic heterocycles. The predicted octanol–water partition coefficient (Wildman–Crippen LogP) is 4.24. The third-order valence-electron chi connectivity index (χ3n) is 4.46. The molecule has 0 saturated heterocycles. The van der Waals surface area contributed by atoms with E-state index >= 15 is 0 Å². The molecule has 0 heterocycles. The molecule has 2 rings (SSSR count). The lowest BCUT2D eigenvalue weighted by Crippen LogP contribution is -2.49. The van der Waals surface area contributed by atoms with E-state index in [2.05, 4.69) is 24.4 Å². The lowest BCUT2D eigenvalue weighted by molar-refractivity contribution is -0.122. The number of halogens is 1. The molecule has 0 spiro atoms. The second-order valence-electron chi connectivity index (χ2n) is 6.73. The number of carbonyl (C=O) groups is 1. The molecule has 8 heteroatoms. The smallest absolute Gasteiger partial charge is 0.243 e. The highest BCUT2D eigenvalue weighted by Gasteiger charge is 2.31. The fourth-order valence-electron chi connectivity index (χ4n) is 2.99. The van der Waals surface area contributed by atoms with Gasteiger partial charge in [0.1, 0.15) is 6.04 Å². The van der Waals surface area contributed by atoms with E-state index in [4.69, 9.17) is 11.6 Å². The number of sulfonamides is 1. The lowest BCUT2D eigenvalue weighted by atomic mass is 10.1. The Bertz CT molecular complexity index is 935. The number of thioether (sulfide) groups is 1. The molecule has 0 unspecified atom stereocenters. The van der Waals surface area contributed by atoms with Crippen LogP contribution in [0.4, 0.5) is 5.69 Å². The van der Waals surface area contributed by atoms with Gasteiger partial charge in [0, 0.05) is 23.1 Å². The first-order valence-corrected chi connectivity index (χ1v) is 12.8. The maximum absolute atomic E-state index is 12.7. The number of amides is 1. The SMILES string of the molecule is CC[C@H](C(=O)NCCSCc1ccccc1C)N(c1cccc(Cl)c1)S(C)(=O)=O. The molecule has 2 aromatic rings. The van der Waals surface area contributed by atoms with Crippen molar-refractivity contribution in [3.05, 3.63) is 64.7 Å². The number of aryl methyl sites for hydroxylation is 1. The molecular formula is C21H27ClN2O3S2. The fraction of sp³-hybridized carbons (Fsp3) is 0.381. The first-order valence-electron chi connectivity index (χ1n) is 9.39. The van der Waals surface area contributed by atoms with E-state index in [-0.39, 0.29) is 5.91 Å². The number of nitrogens with zero attached hydrogens (tertiary/aromatic N) is 1. The minimum Gasteiger partial charge on any atom is -0.353 e. The van der Waals surface area contributed by atoms with Crippen LogP contribution in [-0.2, 0) is 20.6 Å². The van der Waals surface area contributed by atoms with Crippen molar-refractivity contribution in [2.45, 2.75) is 32.1 Å². The molecule has 1 atom stereocenters. The van der Waals surface area contributed by atoms with Crippen LogP contribution in [0.25, 0.3) is 0 Å². The summed E-state index contributed by atoms with van der Waals surface area (Å²) in [6, 6.07) is 13.9. The lowest BCUT2D eigenvalue weighted by Gasteiger charge is -2.30. The zero-order valence-electron chi connectivity index (χ0n) is 16.9. The number of nitrogens with one attached hydrogen (secondary N) is 1. The van der Waals surface area contributed by atoms with Crippen LogP contribution in [-0.4, -0.2) is 38.9 Å². The van der Waals surface area contributed by atoms with Crippen molar-refractivity contribution in [2.24, 2.45) is 0 Å². The Balaban J connectivity index is 1.98. The summed E-state index contributed by atoms with van der Waals surface area (Å²) in [7, 11) is -3.66. The highest BCUT2D eigenvalue weighted by atomic mass is 35.5. The van der Waals surface area contributed by atoms with E-state index in [1.165, 1.54) is 11.1 Å². The average molecular weight is 455 g/mol. The molecular weight excluding hydrogens is 428 g/mol. The summed E-state index contributed by atoms with van der Waals surface area (Å²) in [4.78, 5) is 12.7. The number of hydrogen-bond acceptors (Lipinski definition) is 4. The van der Waals surface area contributed by atoms with Crippen LogP contribution < -0.4 is 9.62 Å². The fourth-order valence-corrected chi connectivity index (χ4v) is 5.31. The summed E-state index contributed by atoms with van der Waals surface area (Å²) < 4.78 is 26.0. The van der Waals surface area contributed by atoms with E-state index in [1.54, 1.807) is 43.0 Å². The van der Waals surface area contributed by atoms with Crippen LogP contribution in [0.1, 0.15) is 24.5 Å². The highest BCUT2D eigenvalue weighted by Crippen LogP contribution is 2.25. The Morgan fingerprint density at radius 2 is 1.93 bits per heavy atom. The zero-order chi connectivity index (χ0) is 21.4. The Hall–Kier alpha value is -1.70. The number of benzene rings is 2. The summed E-state index contributed by atoms with van der Waals surface area (Å²) in [6.45, 7) is 4.35. The van der Waals surface area contributed by atoms with Crippen molar-refractivity contribution in [1.29, 1.82) is 0 Å². The molecule has 0 aliphatic carbocycles. The van der Waals surface area contributed by atoms with Crippen LogP contribution in [0.15, 0.2) is 48.5 Å². The monoisotopic (exact) mass is 454 g/mol. The minimum atomic E-state index is -3.66. The van der Waals surface area contributed by atoms with Gasteiger partial charge < -0.3 is 5.32 Å². The minimum absolute atomic E-state index is 0.311. The standard InChI is InChI=1S/C21H27ClN2O3S2/c1-4-20(24(29(3,26)27)19-11-7-10-18(22)14-19)21(25)23-12-13-28-15-17-9-6-5-8-16(17)2/h5-11,14,20H,4,12-13,15H2,1-3H3,(H,23,25)/t20-/m1/s1. The zero-order valence-corrected chi connectivity index (χ0v) is 19.3. The molecule has 1 N–H and O–H groups in total. The first-order chi connectivity index (χ1) is 13.7. The van der Waals surface area contributed by atoms with E-state index in [0.717, 1.165) is 22.1 Å². The van der Waals surface area contributed by atoms with Gasteiger partial charge >= 0.3 is 0 Å². The van der Waals surface area contributed by atoms with Gasteiger partial charge in [0.15, 0.2) is 0 Å². The van der Waals surface area contributed by atoms with Gasteiger partial charge in [0.2, 0.25) is 15.9 Å². The van der Waals surface area contributed by atoms with Gasteiger partial charge in [-0.05, 0) is 42.7 Å². The molecule has 0 aromatic heterocycles. The largest absolute Gasteiger partial charge is 0.353 e. The van der Waals surface area contributed by atoms with Crippen molar-refractivity contribution >= 4 is 45.0 Å². The van der Waals surface area contributed by atoms with Crippen molar-refractivity contribution in [3.63, 3.8) is 0 Å². The molecule has 2 aromatic carbocycles. The van der Waals surface area contributed by atoms with E-state index in [1.807, 2.05) is 12.1 Å². The van der Waals surface area contributed by atoms with Gasteiger partial charge in [-0.2, -0.15) is 11.8 Å². The number of carbonyl (C=O) groups excluding carboxylic acids is 1. The molecule has 0 aliphatic rings. The van der Waals surface area contributed by atoms with Crippen molar-refractivity contribution < 1.29 is 13.2 Å². The van der Waals surface area contributed by atoms with Crippen LogP contribution >= 0.6 is 23.4 Å². The maximum Gasteiger partial charge on any atom is 0.243 e. The molecule has 5 nitrogen and oxygen atoms in total. The topological polar surface area (TPSA) is 66.5 Å². The van der Waals surface area contributed by atoms with Crippen LogP contribution in [0.3, 0.4) is 0 Å². The van der Waals surface area contributed by atoms with Gasteiger partial charge in [0.05, 0.1) is 11.9 Å². The molecule has 29 heavy (non-hydrogen) atoms. The second kappa shape index (κ2) is 10.9. The normalized spacial score (nSPS) is 12.4. The predicted molar refractivity (Wildman–Crippen MR) is 123 cm³/mol. The quantitative estimate of drug-likeness (QED) is 0.545. The highest BCUT2D eigenvalue weighted by molar-refractivity contribution is 7.98. The molecule has 1 amide bonds. The Kier molecular flexibility index (Phi) is 8.86. The van der Waals surface area contributed by atoms with E-state index in [0.29, 0.717) is 23.7 Å². The Morgan fingerprint density at radius 1 is 1.21 bits per heavy atom. The molecule has 0 fully saturated rings. The van der Waals surface area contributed by atoms with Gasteiger partial charge in [-0.25, -0.2) is 8.42 Å². The van der Waals surface area contributed by atoms with Crippen LogP contribution in [0.5, 0.6) is 0 Å². The van der Waals surface area contributed by atoms with Gasteiger partial charge in [-0.1, -0.05) is 48.9 Å². The van der Waals surface area contributed by atoms with Crippen molar-refractivity contribution in [1.82, 2.24) is 5.32 Å². The van der Waals surface area contributed by atoms with Crippen LogP contribution in [0, 0.1) is 6.92 Å². The summed E-state index contributed by atoms with van der Waals surface area (Å²) >= 11 is 7.75. The second-order valence-corrected chi connectivity index (χ2v) is 10.1. The third-order valence-corrected chi connectivity index (χ3v) is 6.88. The van der Waals surface area contributed by atoms with Gasteiger partial charge in [0.25, 0.3) is 0 Å². The van der Waals surface area contributed by atoms with E-state index < -0.39 is 16.1 Å². The van der Waals surface area contributed by atoms with Crippen LogP contribution in [0.2, 0.25) is 5.02 Å². The Morgan fingerprint density at radius 3 is 2.55 bits per heavy atom. The summed E-state index contributed by atoms with van der Waals surface area (Å²) in [5, 5.41) is 3.29. The Labute approximate surface area is 182 Å².